The molecule has 5 nitrogen and oxygen atoms in total. The van der Waals surface area contributed by atoms with Crippen molar-refractivity contribution in [2.24, 2.45) is 17.0 Å². The highest BCUT2D eigenvalue weighted by Gasteiger charge is 2.28. The summed E-state index contributed by atoms with van der Waals surface area (Å²) in [6.45, 7) is 4.44. The number of primary sulfonamides is 1. The van der Waals surface area contributed by atoms with Gasteiger partial charge in [-0.15, -0.1) is 0 Å². The van der Waals surface area contributed by atoms with Crippen LogP contribution in [0.5, 0.6) is 0 Å². The maximum atomic E-state index is 12.2. The lowest BCUT2D eigenvalue weighted by Gasteiger charge is -2.13. The summed E-state index contributed by atoms with van der Waals surface area (Å²) >= 11 is 3.20. The van der Waals surface area contributed by atoms with Crippen LogP contribution < -0.4 is 10.5 Å². The molecule has 1 aromatic carbocycles. The van der Waals surface area contributed by atoms with Gasteiger partial charge < -0.3 is 5.32 Å². The van der Waals surface area contributed by atoms with Crippen LogP contribution in [0.2, 0.25) is 0 Å². The van der Waals surface area contributed by atoms with Gasteiger partial charge in [-0.1, -0.05) is 6.92 Å². The molecule has 1 unspecified atom stereocenters. The second-order valence-corrected chi connectivity index (χ2v) is 8.00. The number of nitrogens with one attached hydrogen (secondary N) is 1. The molecule has 1 fully saturated rings. The largest absolute Gasteiger partial charge is 0.352 e. The predicted molar refractivity (Wildman–Crippen MR) is 84.5 cm³/mol. The molecule has 3 N–H and O–H groups in total. The first-order chi connectivity index (χ1) is 9.70. The van der Waals surface area contributed by atoms with Crippen molar-refractivity contribution in [3.8, 4) is 0 Å². The molecule has 21 heavy (non-hydrogen) atoms. The second-order valence-electron chi connectivity index (χ2n) is 5.68. The Morgan fingerprint density at radius 1 is 1.48 bits per heavy atom. The highest BCUT2D eigenvalue weighted by Crippen LogP contribution is 2.36. The van der Waals surface area contributed by atoms with Crippen molar-refractivity contribution in [3.05, 3.63) is 27.7 Å². The molecule has 1 aliphatic rings. The molecule has 0 bridgehead atoms. The fourth-order valence-corrected chi connectivity index (χ4v) is 3.87. The maximum Gasteiger partial charge on any atom is 0.251 e. The monoisotopic (exact) mass is 374 g/mol. The Morgan fingerprint density at radius 3 is 2.62 bits per heavy atom. The van der Waals surface area contributed by atoms with E-state index in [2.05, 4.69) is 28.2 Å². The van der Waals surface area contributed by atoms with Crippen LogP contribution in [0, 0.1) is 18.8 Å². The van der Waals surface area contributed by atoms with Crippen LogP contribution in [-0.2, 0) is 10.0 Å². The van der Waals surface area contributed by atoms with Gasteiger partial charge in [0, 0.05) is 16.6 Å². The molecule has 0 radical (unpaired) electrons. The van der Waals surface area contributed by atoms with Gasteiger partial charge in [0.05, 0.1) is 4.90 Å². The summed E-state index contributed by atoms with van der Waals surface area (Å²) in [4.78, 5) is 12.1. The van der Waals surface area contributed by atoms with Crippen LogP contribution in [0.1, 0.15) is 35.7 Å². The van der Waals surface area contributed by atoms with Gasteiger partial charge in [-0.25, -0.2) is 13.6 Å². The topological polar surface area (TPSA) is 89.3 Å². The number of hydrogen-bond donors (Lipinski definition) is 2. The molecule has 1 saturated carbocycles. The zero-order chi connectivity index (χ0) is 15.8. The first-order valence-electron chi connectivity index (χ1n) is 6.81. The molecule has 1 atom stereocenters. The standard InChI is InChI=1S/C14H19BrN2O3S/c1-8-5-11(6-12(13(8)15)21(16,19)20)14(18)17-7-9(2)10-3-4-10/h5-6,9-10H,3-4,7H2,1-2H3,(H,17,18)(H2,16,19,20). The number of rotatable bonds is 5. The summed E-state index contributed by atoms with van der Waals surface area (Å²) in [6.07, 6.45) is 2.45. The van der Waals surface area contributed by atoms with Crippen molar-refractivity contribution >= 4 is 31.9 Å². The van der Waals surface area contributed by atoms with Crippen LogP contribution >= 0.6 is 15.9 Å². The van der Waals surface area contributed by atoms with Crippen molar-refractivity contribution in [2.45, 2.75) is 31.6 Å². The highest BCUT2D eigenvalue weighted by molar-refractivity contribution is 9.10. The molecule has 1 aromatic rings. The number of aryl methyl sites for hydroxylation is 1. The van der Waals surface area contributed by atoms with E-state index in [1.54, 1.807) is 13.0 Å². The van der Waals surface area contributed by atoms with E-state index in [9.17, 15) is 13.2 Å². The molecule has 1 amide bonds. The van der Waals surface area contributed by atoms with Crippen LogP contribution in [0.4, 0.5) is 0 Å². The van der Waals surface area contributed by atoms with E-state index in [-0.39, 0.29) is 10.8 Å². The normalized spacial score (nSPS) is 16.6. The lowest BCUT2D eigenvalue weighted by Crippen LogP contribution is -2.29. The van der Waals surface area contributed by atoms with Crippen LogP contribution in [0.15, 0.2) is 21.5 Å². The average molecular weight is 375 g/mol. The zero-order valence-electron chi connectivity index (χ0n) is 12.0. The fraction of sp³-hybridized carbons (Fsp3) is 0.500. The SMILES string of the molecule is Cc1cc(C(=O)NCC(C)C2CC2)cc(S(N)(=O)=O)c1Br. The first-order valence-corrected chi connectivity index (χ1v) is 9.15. The molecule has 0 saturated heterocycles. The number of carbonyl (C=O) groups excluding carboxylic acids is 1. The minimum Gasteiger partial charge on any atom is -0.352 e. The molecule has 0 aliphatic heterocycles. The molecular weight excluding hydrogens is 356 g/mol. The highest BCUT2D eigenvalue weighted by atomic mass is 79.9. The molecule has 2 rings (SSSR count). The zero-order valence-corrected chi connectivity index (χ0v) is 14.4. The van der Waals surface area contributed by atoms with Gasteiger partial charge in [0.15, 0.2) is 0 Å². The van der Waals surface area contributed by atoms with Gasteiger partial charge in [-0.2, -0.15) is 0 Å². The number of sulfonamides is 1. The van der Waals surface area contributed by atoms with E-state index in [1.165, 1.54) is 18.9 Å². The van der Waals surface area contributed by atoms with Crippen LogP contribution in [-0.4, -0.2) is 20.9 Å². The van der Waals surface area contributed by atoms with Crippen LogP contribution in [0.3, 0.4) is 0 Å². The van der Waals surface area contributed by atoms with Crippen LogP contribution in [0.25, 0.3) is 0 Å². The maximum absolute atomic E-state index is 12.2. The summed E-state index contributed by atoms with van der Waals surface area (Å²) in [5.74, 6) is 0.878. The third-order valence-electron chi connectivity index (χ3n) is 3.80. The van der Waals surface area contributed by atoms with Crippen molar-refractivity contribution < 1.29 is 13.2 Å². The summed E-state index contributed by atoms with van der Waals surface area (Å²) < 4.78 is 23.5. The Labute approximate surface area is 133 Å². The van der Waals surface area contributed by atoms with Gasteiger partial charge in [0.2, 0.25) is 10.0 Å². The van der Waals surface area contributed by atoms with E-state index < -0.39 is 10.0 Å². The third kappa shape index (κ3) is 4.05. The Balaban J connectivity index is 2.19. The third-order valence-corrected chi connectivity index (χ3v) is 6.05. The van der Waals surface area contributed by atoms with E-state index >= 15 is 0 Å². The number of amides is 1. The first kappa shape index (κ1) is 16.5. The van der Waals surface area contributed by atoms with E-state index in [0.717, 1.165) is 0 Å². The van der Waals surface area contributed by atoms with E-state index in [0.29, 0.717) is 34.0 Å². The van der Waals surface area contributed by atoms with Gasteiger partial charge in [-0.05, 0) is 65.2 Å². The smallest absolute Gasteiger partial charge is 0.251 e. The van der Waals surface area contributed by atoms with Crippen molar-refractivity contribution in [1.82, 2.24) is 5.32 Å². The predicted octanol–water partition coefficient (Wildman–Crippen LogP) is 2.18. The number of nitrogens with two attached hydrogens (primary N) is 1. The lowest BCUT2D eigenvalue weighted by molar-refractivity contribution is 0.0946. The fourth-order valence-electron chi connectivity index (χ4n) is 2.26. The Hall–Kier alpha value is -0.920. The number of carbonyl (C=O) groups is 1. The molecule has 0 aromatic heterocycles. The Bertz CT molecular complexity index is 669. The molecule has 0 spiro atoms. The number of hydrogen-bond acceptors (Lipinski definition) is 3. The van der Waals surface area contributed by atoms with Gasteiger partial charge in [-0.3, -0.25) is 4.79 Å². The second kappa shape index (κ2) is 6.06. The summed E-state index contributed by atoms with van der Waals surface area (Å²) in [5, 5.41) is 8.03. The minimum atomic E-state index is -3.87. The van der Waals surface area contributed by atoms with Gasteiger partial charge in [0.1, 0.15) is 0 Å². The van der Waals surface area contributed by atoms with Crippen molar-refractivity contribution in [3.63, 3.8) is 0 Å². The average Bonchev–Trinajstić information content (AvgIpc) is 3.21. The summed E-state index contributed by atoms with van der Waals surface area (Å²) in [7, 11) is -3.87. The number of halogens is 1. The van der Waals surface area contributed by atoms with Crippen molar-refractivity contribution in [1.29, 1.82) is 0 Å². The Kier molecular flexibility index (Phi) is 4.75. The summed E-state index contributed by atoms with van der Waals surface area (Å²) in [6, 6.07) is 2.96. The summed E-state index contributed by atoms with van der Waals surface area (Å²) in [5.41, 5.74) is 0.963. The molecule has 7 heteroatoms. The molecule has 0 heterocycles. The Morgan fingerprint density at radius 2 is 2.10 bits per heavy atom. The van der Waals surface area contributed by atoms with Gasteiger partial charge >= 0.3 is 0 Å². The number of benzene rings is 1. The van der Waals surface area contributed by atoms with E-state index in [4.69, 9.17) is 5.14 Å². The van der Waals surface area contributed by atoms with E-state index in [1.807, 2.05) is 0 Å². The molecular formula is C14H19BrN2O3S. The molecule has 1 aliphatic carbocycles. The lowest BCUT2D eigenvalue weighted by atomic mass is 10.1. The minimum absolute atomic E-state index is 0.0668. The molecule has 116 valence electrons. The van der Waals surface area contributed by atoms with Gasteiger partial charge in [0.25, 0.3) is 5.91 Å². The van der Waals surface area contributed by atoms with Crippen molar-refractivity contribution in [2.75, 3.05) is 6.54 Å². The quantitative estimate of drug-likeness (QED) is 0.827.